The third kappa shape index (κ3) is 4.28. The molecule has 0 bridgehead atoms. The zero-order valence-corrected chi connectivity index (χ0v) is 17.1. The summed E-state index contributed by atoms with van der Waals surface area (Å²) >= 11 is 0. The number of nitrogens with zero attached hydrogens (tertiary/aromatic N) is 5. The summed E-state index contributed by atoms with van der Waals surface area (Å²) in [6.07, 6.45) is 5.90. The van der Waals surface area contributed by atoms with Crippen molar-refractivity contribution in [1.29, 1.82) is 0 Å². The van der Waals surface area contributed by atoms with Gasteiger partial charge in [0.1, 0.15) is 0 Å². The first-order valence-corrected chi connectivity index (χ1v) is 11.2. The number of aromatic nitrogens is 4. The van der Waals surface area contributed by atoms with Crippen LogP contribution in [0.3, 0.4) is 0 Å². The molecular formula is C19H22N6O3S. The van der Waals surface area contributed by atoms with Crippen molar-refractivity contribution in [3.8, 4) is 11.1 Å². The van der Waals surface area contributed by atoms with E-state index in [0.29, 0.717) is 31.7 Å². The highest BCUT2D eigenvalue weighted by Gasteiger charge is 2.29. The molecule has 1 fully saturated rings. The van der Waals surface area contributed by atoms with Crippen LogP contribution >= 0.6 is 0 Å². The highest BCUT2D eigenvalue weighted by atomic mass is 32.2. The number of nitrogens with one attached hydrogen (secondary N) is 1. The monoisotopic (exact) mass is 414 g/mol. The van der Waals surface area contributed by atoms with Crippen LogP contribution in [0.2, 0.25) is 0 Å². The summed E-state index contributed by atoms with van der Waals surface area (Å²) in [5, 5.41) is 16.2. The first kappa shape index (κ1) is 19.5. The fourth-order valence-corrected chi connectivity index (χ4v) is 4.41. The Balaban J connectivity index is 1.48. The summed E-state index contributed by atoms with van der Waals surface area (Å²) in [5.41, 5.74) is 2.73. The molecule has 0 spiro atoms. The second-order valence-electron chi connectivity index (χ2n) is 7.33. The van der Waals surface area contributed by atoms with Crippen LogP contribution in [0.1, 0.15) is 12.8 Å². The maximum Gasteiger partial charge on any atom is 0.228 e. The van der Waals surface area contributed by atoms with Crippen LogP contribution in [0, 0.1) is 5.92 Å². The lowest BCUT2D eigenvalue weighted by atomic mass is 9.97. The van der Waals surface area contributed by atoms with Crippen molar-refractivity contribution in [3.63, 3.8) is 0 Å². The lowest BCUT2D eigenvalue weighted by Crippen LogP contribution is -2.40. The van der Waals surface area contributed by atoms with E-state index in [4.69, 9.17) is 0 Å². The first-order valence-electron chi connectivity index (χ1n) is 9.32. The van der Waals surface area contributed by atoms with Crippen LogP contribution in [-0.2, 0) is 21.9 Å². The second kappa shape index (κ2) is 7.53. The molecule has 9 nitrogen and oxygen atoms in total. The number of hydrogen-bond donors (Lipinski definition) is 1. The van der Waals surface area contributed by atoms with Crippen molar-refractivity contribution < 1.29 is 13.2 Å². The number of anilines is 1. The van der Waals surface area contributed by atoms with Crippen LogP contribution < -0.4 is 5.32 Å². The molecule has 3 aromatic rings. The Labute approximate surface area is 168 Å². The number of piperidine rings is 1. The molecule has 1 aliphatic heterocycles. The smallest absolute Gasteiger partial charge is 0.228 e. The van der Waals surface area contributed by atoms with Gasteiger partial charge >= 0.3 is 0 Å². The fraction of sp³-hybridized carbons (Fsp3) is 0.368. The molecule has 4 rings (SSSR count). The van der Waals surface area contributed by atoms with Gasteiger partial charge in [-0.15, -0.1) is 10.2 Å². The minimum absolute atomic E-state index is 0.157. The highest BCUT2D eigenvalue weighted by molar-refractivity contribution is 7.88. The van der Waals surface area contributed by atoms with E-state index >= 15 is 0 Å². The summed E-state index contributed by atoms with van der Waals surface area (Å²) in [6, 6.07) is 7.63. The minimum Gasteiger partial charge on any atom is -0.309 e. The Morgan fingerprint density at radius 3 is 2.55 bits per heavy atom. The molecule has 29 heavy (non-hydrogen) atoms. The van der Waals surface area contributed by atoms with Crippen LogP contribution in [0.25, 0.3) is 22.0 Å². The molecule has 0 atom stereocenters. The Bertz CT molecular complexity index is 1170. The SMILES string of the molecule is Cn1cc(-c2ccc3nnc(NC(=O)C4CCN(S(C)(=O)=O)CC4)cc3c2)cn1. The zero-order chi connectivity index (χ0) is 20.6. The van der Waals surface area contributed by atoms with Crippen molar-refractivity contribution in [3.05, 3.63) is 36.7 Å². The maximum absolute atomic E-state index is 12.6. The van der Waals surface area contributed by atoms with Gasteiger partial charge in [-0.3, -0.25) is 9.48 Å². The summed E-state index contributed by atoms with van der Waals surface area (Å²) in [6.45, 7) is 0.712. The molecular weight excluding hydrogens is 392 g/mol. The quantitative estimate of drug-likeness (QED) is 0.695. The van der Waals surface area contributed by atoms with Gasteiger partial charge in [0.25, 0.3) is 0 Å². The van der Waals surface area contributed by atoms with Gasteiger partial charge in [0.15, 0.2) is 5.82 Å². The molecule has 1 N–H and O–H groups in total. The lowest BCUT2D eigenvalue weighted by Gasteiger charge is -2.29. The number of benzene rings is 1. The molecule has 2 aromatic heterocycles. The van der Waals surface area contributed by atoms with Gasteiger partial charge < -0.3 is 5.32 Å². The van der Waals surface area contributed by atoms with Crippen molar-refractivity contribution >= 4 is 32.7 Å². The summed E-state index contributed by atoms with van der Waals surface area (Å²) in [4.78, 5) is 12.6. The van der Waals surface area contributed by atoms with Gasteiger partial charge in [-0.25, -0.2) is 12.7 Å². The molecule has 152 valence electrons. The third-order valence-corrected chi connectivity index (χ3v) is 6.47. The Morgan fingerprint density at radius 1 is 1.14 bits per heavy atom. The maximum atomic E-state index is 12.6. The van der Waals surface area contributed by atoms with Crippen molar-refractivity contribution in [1.82, 2.24) is 24.3 Å². The van der Waals surface area contributed by atoms with E-state index in [0.717, 1.165) is 22.0 Å². The van der Waals surface area contributed by atoms with E-state index in [9.17, 15) is 13.2 Å². The predicted octanol–water partition coefficient (Wildman–Crippen LogP) is 1.64. The van der Waals surface area contributed by atoms with Gasteiger partial charge in [0, 0.05) is 43.2 Å². The van der Waals surface area contributed by atoms with Gasteiger partial charge in [-0.05, 0) is 36.6 Å². The molecule has 0 saturated carbocycles. The highest BCUT2D eigenvalue weighted by Crippen LogP contribution is 2.25. The number of aryl methyl sites for hydroxylation is 1. The number of hydrogen-bond acceptors (Lipinski definition) is 6. The molecule has 3 heterocycles. The molecule has 0 radical (unpaired) electrons. The largest absolute Gasteiger partial charge is 0.309 e. The molecule has 10 heteroatoms. The van der Waals surface area contributed by atoms with Gasteiger partial charge in [0.05, 0.1) is 18.0 Å². The number of carbonyl (C=O) groups is 1. The number of carbonyl (C=O) groups excluding carboxylic acids is 1. The van der Waals surface area contributed by atoms with E-state index in [-0.39, 0.29) is 11.8 Å². The number of rotatable bonds is 4. The summed E-state index contributed by atoms with van der Waals surface area (Å²) in [5.74, 6) is -0.0150. The molecule has 0 unspecified atom stereocenters. The number of sulfonamides is 1. The summed E-state index contributed by atoms with van der Waals surface area (Å²) in [7, 11) is -1.35. The summed E-state index contributed by atoms with van der Waals surface area (Å²) < 4.78 is 26.4. The number of fused-ring (bicyclic) bond motifs is 1. The van der Waals surface area contributed by atoms with Crippen molar-refractivity contribution in [2.75, 3.05) is 24.7 Å². The molecule has 1 aromatic carbocycles. The van der Waals surface area contributed by atoms with Gasteiger partial charge in [-0.2, -0.15) is 5.10 Å². The zero-order valence-electron chi connectivity index (χ0n) is 16.2. The Morgan fingerprint density at radius 2 is 1.90 bits per heavy atom. The predicted molar refractivity (Wildman–Crippen MR) is 110 cm³/mol. The van der Waals surface area contributed by atoms with Crippen LogP contribution in [0.5, 0.6) is 0 Å². The van der Waals surface area contributed by atoms with Crippen LogP contribution in [-0.4, -0.2) is 58.0 Å². The molecule has 0 aliphatic carbocycles. The molecule has 1 aliphatic rings. The van der Waals surface area contributed by atoms with Crippen LogP contribution in [0.15, 0.2) is 36.7 Å². The van der Waals surface area contributed by atoms with Crippen molar-refractivity contribution in [2.24, 2.45) is 13.0 Å². The van der Waals surface area contributed by atoms with Crippen LogP contribution in [0.4, 0.5) is 5.82 Å². The number of amides is 1. The minimum atomic E-state index is -3.21. The normalized spacial score (nSPS) is 16.2. The Kier molecular flexibility index (Phi) is 5.05. The first-order chi connectivity index (χ1) is 13.8. The molecule has 1 amide bonds. The molecule has 1 saturated heterocycles. The average molecular weight is 414 g/mol. The fourth-order valence-electron chi connectivity index (χ4n) is 3.53. The van der Waals surface area contributed by atoms with E-state index in [1.54, 1.807) is 16.9 Å². The third-order valence-electron chi connectivity index (χ3n) is 5.17. The van der Waals surface area contributed by atoms with Gasteiger partial charge in [-0.1, -0.05) is 6.07 Å². The topological polar surface area (TPSA) is 110 Å². The van der Waals surface area contributed by atoms with E-state index in [1.165, 1.54) is 10.6 Å². The van der Waals surface area contributed by atoms with Crippen molar-refractivity contribution in [2.45, 2.75) is 12.8 Å². The average Bonchev–Trinajstić information content (AvgIpc) is 3.13. The second-order valence-corrected chi connectivity index (χ2v) is 9.31. The Hall–Kier alpha value is -2.85. The standard InChI is InChI=1S/C19H22N6O3S/c1-24-12-16(11-20-24)14-3-4-17-15(9-14)10-18(23-22-17)21-19(26)13-5-7-25(8-6-13)29(2,27)28/h3-4,9-13H,5-8H2,1-2H3,(H,21,23,26). The van der Waals surface area contributed by atoms with E-state index < -0.39 is 10.0 Å². The lowest BCUT2D eigenvalue weighted by molar-refractivity contribution is -0.120. The van der Waals surface area contributed by atoms with E-state index in [2.05, 4.69) is 20.6 Å². The van der Waals surface area contributed by atoms with Gasteiger partial charge in [0.2, 0.25) is 15.9 Å². The van der Waals surface area contributed by atoms with E-state index in [1.807, 2.05) is 31.4 Å².